The molecule has 17 heavy (non-hydrogen) atoms. The molecule has 1 heterocycles. The van der Waals surface area contributed by atoms with Crippen molar-refractivity contribution < 1.29 is 0 Å². The molecule has 3 heteroatoms. The van der Waals surface area contributed by atoms with Crippen molar-refractivity contribution in [2.45, 2.75) is 52.5 Å². The topological polar surface area (TPSA) is 43.8 Å². The first-order valence-corrected chi connectivity index (χ1v) is 6.82. The van der Waals surface area contributed by atoms with Gasteiger partial charge in [0.05, 0.1) is 6.33 Å². The lowest BCUT2D eigenvalue weighted by molar-refractivity contribution is 0.384. The van der Waals surface area contributed by atoms with E-state index in [4.69, 9.17) is 5.73 Å². The van der Waals surface area contributed by atoms with Gasteiger partial charge in [-0.3, -0.25) is 0 Å². The fourth-order valence-corrected chi connectivity index (χ4v) is 2.67. The number of nitrogens with two attached hydrogens (primary N) is 1. The van der Waals surface area contributed by atoms with E-state index in [1.165, 1.54) is 25.0 Å². The standard InChI is InChI=1S/C14H25N3/c1-4-14(5-6-14)9-17-10-16-8-13(17)12(7-15)11(2)3/h8,10-12H,4-7,9,15H2,1-3H3. The zero-order valence-corrected chi connectivity index (χ0v) is 11.3. The van der Waals surface area contributed by atoms with E-state index >= 15 is 0 Å². The summed E-state index contributed by atoms with van der Waals surface area (Å²) in [6.45, 7) is 8.61. The first-order valence-electron chi connectivity index (χ1n) is 6.82. The highest BCUT2D eigenvalue weighted by Gasteiger charge is 2.41. The molecule has 0 radical (unpaired) electrons. The van der Waals surface area contributed by atoms with E-state index in [0.29, 0.717) is 23.8 Å². The molecule has 1 unspecified atom stereocenters. The Morgan fingerprint density at radius 3 is 2.65 bits per heavy atom. The van der Waals surface area contributed by atoms with Gasteiger partial charge in [0.15, 0.2) is 0 Å². The third kappa shape index (κ3) is 2.54. The molecule has 1 aromatic heterocycles. The summed E-state index contributed by atoms with van der Waals surface area (Å²) in [6, 6.07) is 0. The second-order valence-corrected chi connectivity index (χ2v) is 5.89. The number of aromatic nitrogens is 2. The summed E-state index contributed by atoms with van der Waals surface area (Å²) in [7, 11) is 0. The van der Waals surface area contributed by atoms with Crippen molar-refractivity contribution >= 4 is 0 Å². The number of hydrogen-bond acceptors (Lipinski definition) is 2. The SMILES string of the molecule is CCC1(Cn2cncc2C(CN)C(C)C)CC1. The smallest absolute Gasteiger partial charge is 0.0948 e. The molecule has 96 valence electrons. The highest BCUT2D eigenvalue weighted by Crippen LogP contribution is 2.50. The molecule has 2 rings (SSSR count). The fraction of sp³-hybridized carbons (Fsp3) is 0.786. The number of hydrogen-bond donors (Lipinski definition) is 1. The molecule has 1 saturated carbocycles. The Labute approximate surface area is 104 Å². The van der Waals surface area contributed by atoms with Gasteiger partial charge in [-0.2, -0.15) is 0 Å². The van der Waals surface area contributed by atoms with Crippen molar-refractivity contribution in [2.24, 2.45) is 17.1 Å². The Hall–Kier alpha value is -0.830. The van der Waals surface area contributed by atoms with Gasteiger partial charge >= 0.3 is 0 Å². The minimum atomic E-state index is 0.435. The van der Waals surface area contributed by atoms with E-state index in [2.05, 4.69) is 30.3 Å². The predicted molar refractivity (Wildman–Crippen MR) is 70.8 cm³/mol. The van der Waals surface area contributed by atoms with Gasteiger partial charge < -0.3 is 10.3 Å². The van der Waals surface area contributed by atoms with Crippen molar-refractivity contribution in [1.29, 1.82) is 0 Å². The van der Waals surface area contributed by atoms with Crippen LogP contribution in [0.3, 0.4) is 0 Å². The van der Waals surface area contributed by atoms with Crippen LogP contribution in [0, 0.1) is 11.3 Å². The average molecular weight is 235 g/mol. The van der Waals surface area contributed by atoms with Crippen LogP contribution in [0.4, 0.5) is 0 Å². The zero-order valence-electron chi connectivity index (χ0n) is 11.3. The van der Waals surface area contributed by atoms with Crippen LogP contribution < -0.4 is 5.73 Å². The first kappa shape index (κ1) is 12.6. The molecular formula is C14H25N3. The summed E-state index contributed by atoms with van der Waals surface area (Å²) in [5, 5.41) is 0. The molecule has 0 amide bonds. The largest absolute Gasteiger partial charge is 0.334 e. The van der Waals surface area contributed by atoms with Crippen molar-refractivity contribution in [3.63, 3.8) is 0 Å². The Bertz CT molecular complexity index is 363. The summed E-state index contributed by atoms with van der Waals surface area (Å²) in [5.74, 6) is 1.01. The second-order valence-electron chi connectivity index (χ2n) is 5.89. The highest BCUT2D eigenvalue weighted by molar-refractivity contribution is 5.09. The normalized spacial score (nSPS) is 19.6. The molecule has 1 aromatic rings. The number of imidazole rings is 1. The van der Waals surface area contributed by atoms with Crippen LogP contribution in [0.5, 0.6) is 0 Å². The first-order chi connectivity index (χ1) is 8.12. The van der Waals surface area contributed by atoms with E-state index in [-0.39, 0.29) is 0 Å². The molecule has 1 aliphatic carbocycles. The van der Waals surface area contributed by atoms with Crippen LogP contribution in [-0.2, 0) is 6.54 Å². The summed E-state index contributed by atoms with van der Waals surface area (Å²) >= 11 is 0. The van der Waals surface area contributed by atoms with E-state index in [1.807, 2.05) is 12.5 Å². The third-order valence-electron chi connectivity index (χ3n) is 4.40. The van der Waals surface area contributed by atoms with E-state index in [0.717, 1.165) is 6.54 Å². The summed E-state index contributed by atoms with van der Waals surface area (Å²) in [6.07, 6.45) is 8.01. The maximum Gasteiger partial charge on any atom is 0.0948 e. The van der Waals surface area contributed by atoms with Crippen LogP contribution in [-0.4, -0.2) is 16.1 Å². The van der Waals surface area contributed by atoms with Gasteiger partial charge in [0.1, 0.15) is 0 Å². The van der Waals surface area contributed by atoms with Crippen molar-refractivity contribution in [2.75, 3.05) is 6.54 Å². The molecule has 1 atom stereocenters. The third-order valence-corrected chi connectivity index (χ3v) is 4.40. The fourth-order valence-electron chi connectivity index (χ4n) is 2.67. The Balaban J connectivity index is 2.16. The Morgan fingerprint density at radius 2 is 2.18 bits per heavy atom. The molecule has 0 aliphatic heterocycles. The highest BCUT2D eigenvalue weighted by atomic mass is 15.1. The minimum absolute atomic E-state index is 0.435. The van der Waals surface area contributed by atoms with Crippen LogP contribution in [0.2, 0.25) is 0 Å². The number of nitrogens with zero attached hydrogens (tertiary/aromatic N) is 2. The summed E-state index contributed by atoms with van der Waals surface area (Å²) in [5.41, 5.74) is 7.79. The van der Waals surface area contributed by atoms with Crippen LogP contribution in [0.1, 0.15) is 51.6 Å². The molecule has 3 nitrogen and oxygen atoms in total. The van der Waals surface area contributed by atoms with Gasteiger partial charge in [0.2, 0.25) is 0 Å². The second kappa shape index (κ2) is 4.81. The lowest BCUT2D eigenvalue weighted by Gasteiger charge is -2.23. The van der Waals surface area contributed by atoms with Crippen molar-refractivity contribution in [3.8, 4) is 0 Å². The molecule has 1 fully saturated rings. The molecule has 0 aromatic carbocycles. The molecule has 1 aliphatic rings. The summed E-state index contributed by atoms with van der Waals surface area (Å²) in [4.78, 5) is 4.33. The maximum atomic E-state index is 5.90. The number of rotatable bonds is 6. The van der Waals surface area contributed by atoms with E-state index in [9.17, 15) is 0 Å². The van der Waals surface area contributed by atoms with E-state index < -0.39 is 0 Å². The van der Waals surface area contributed by atoms with Gasteiger partial charge in [0.25, 0.3) is 0 Å². The van der Waals surface area contributed by atoms with Gasteiger partial charge in [-0.15, -0.1) is 0 Å². The minimum Gasteiger partial charge on any atom is -0.334 e. The van der Waals surface area contributed by atoms with E-state index in [1.54, 1.807) is 0 Å². The van der Waals surface area contributed by atoms with Gasteiger partial charge in [-0.1, -0.05) is 20.8 Å². The zero-order chi connectivity index (χ0) is 12.5. The molecule has 2 N–H and O–H groups in total. The maximum absolute atomic E-state index is 5.90. The Morgan fingerprint density at radius 1 is 1.47 bits per heavy atom. The van der Waals surface area contributed by atoms with Gasteiger partial charge in [0, 0.05) is 30.9 Å². The summed E-state index contributed by atoms with van der Waals surface area (Å²) < 4.78 is 2.34. The lowest BCUT2D eigenvalue weighted by atomic mass is 9.92. The van der Waals surface area contributed by atoms with Crippen molar-refractivity contribution in [1.82, 2.24) is 9.55 Å². The molecule has 0 bridgehead atoms. The molecular weight excluding hydrogens is 210 g/mol. The van der Waals surface area contributed by atoms with Crippen LogP contribution >= 0.6 is 0 Å². The average Bonchev–Trinajstić information content (AvgIpc) is 2.94. The van der Waals surface area contributed by atoms with Gasteiger partial charge in [-0.05, 0) is 30.6 Å². The van der Waals surface area contributed by atoms with Crippen LogP contribution in [0.25, 0.3) is 0 Å². The lowest BCUT2D eigenvalue weighted by Crippen LogP contribution is -2.22. The monoisotopic (exact) mass is 235 g/mol. The predicted octanol–water partition coefficient (Wildman–Crippen LogP) is 2.77. The Kier molecular flexibility index (Phi) is 3.57. The van der Waals surface area contributed by atoms with Crippen LogP contribution in [0.15, 0.2) is 12.5 Å². The quantitative estimate of drug-likeness (QED) is 0.824. The van der Waals surface area contributed by atoms with Gasteiger partial charge in [-0.25, -0.2) is 4.98 Å². The van der Waals surface area contributed by atoms with Crippen molar-refractivity contribution in [3.05, 3.63) is 18.2 Å². The molecule has 0 saturated heterocycles. The molecule has 0 spiro atoms.